The van der Waals surface area contributed by atoms with Crippen LogP contribution in [0.1, 0.15) is 21.6 Å². The van der Waals surface area contributed by atoms with Crippen LogP contribution in [0.5, 0.6) is 0 Å². The first-order valence-corrected chi connectivity index (χ1v) is 5.77. The highest BCUT2D eigenvalue weighted by atomic mass is 35.5. The zero-order valence-corrected chi connectivity index (χ0v) is 10.6. The lowest BCUT2D eigenvalue weighted by Gasteiger charge is -2.07. The monoisotopic (exact) mass is 265 g/mol. The molecule has 1 aromatic carbocycles. The second-order valence-electron chi connectivity index (χ2n) is 3.59. The Morgan fingerprint density at radius 1 is 1.12 bits per heavy atom. The van der Waals surface area contributed by atoms with E-state index in [4.69, 9.17) is 23.2 Å². The Morgan fingerprint density at radius 3 is 2.35 bits per heavy atom. The normalized spacial score (nSPS) is 10.3. The largest absolute Gasteiger partial charge is 0.287 e. The number of carbonyl (C=O) groups is 1. The number of nitrogens with zero attached hydrogens (tertiary/aromatic N) is 1. The molecule has 0 aliphatic rings. The molecule has 0 bridgehead atoms. The van der Waals surface area contributed by atoms with E-state index >= 15 is 0 Å². The van der Waals surface area contributed by atoms with Gasteiger partial charge in [0.05, 0.1) is 15.6 Å². The third-order valence-electron chi connectivity index (χ3n) is 2.41. The van der Waals surface area contributed by atoms with Crippen molar-refractivity contribution in [2.24, 2.45) is 0 Å². The molecule has 0 aliphatic carbocycles. The van der Waals surface area contributed by atoms with Gasteiger partial charge in [-0.3, -0.25) is 9.78 Å². The highest BCUT2D eigenvalue weighted by Crippen LogP contribution is 2.27. The minimum absolute atomic E-state index is 0.251. The van der Waals surface area contributed by atoms with Gasteiger partial charge in [-0.05, 0) is 30.7 Å². The van der Waals surface area contributed by atoms with Gasteiger partial charge in [0.1, 0.15) is 5.69 Å². The van der Waals surface area contributed by atoms with Crippen LogP contribution in [0.3, 0.4) is 0 Å². The molecular weight excluding hydrogens is 257 g/mol. The van der Waals surface area contributed by atoms with Crippen LogP contribution in [0.2, 0.25) is 10.0 Å². The third kappa shape index (κ3) is 2.33. The molecule has 0 saturated heterocycles. The summed E-state index contributed by atoms with van der Waals surface area (Å²) in [6, 6.07) is 8.58. The van der Waals surface area contributed by atoms with Crippen molar-refractivity contribution in [1.82, 2.24) is 4.98 Å². The van der Waals surface area contributed by atoms with Gasteiger partial charge >= 0.3 is 0 Å². The number of aromatic nitrogens is 1. The van der Waals surface area contributed by atoms with Crippen molar-refractivity contribution in [2.45, 2.75) is 6.92 Å². The van der Waals surface area contributed by atoms with Gasteiger partial charge in [0.2, 0.25) is 5.78 Å². The van der Waals surface area contributed by atoms with E-state index in [1.165, 1.54) is 0 Å². The van der Waals surface area contributed by atoms with Crippen molar-refractivity contribution in [3.05, 3.63) is 63.4 Å². The average Bonchev–Trinajstić information content (AvgIpc) is 2.29. The van der Waals surface area contributed by atoms with Crippen molar-refractivity contribution in [3.63, 3.8) is 0 Å². The predicted molar refractivity (Wildman–Crippen MR) is 68.9 cm³/mol. The minimum Gasteiger partial charge on any atom is -0.287 e. The number of hydrogen-bond donors (Lipinski definition) is 0. The van der Waals surface area contributed by atoms with Gasteiger partial charge in [0.15, 0.2) is 0 Å². The quantitative estimate of drug-likeness (QED) is 0.771. The van der Waals surface area contributed by atoms with Crippen LogP contribution in [0.25, 0.3) is 0 Å². The van der Waals surface area contributed by atoms with Crippen molar-refractivity contribution in [1.29, 1.82) is 0 Å². The summed E-state index contributed by atoms with van der Waals surface area (Å²) in [4.78, 5) is 16.3. The number of hydrogen-bond acceptors (Lipinski definition) is 2. The van der Waals surface area contributed by atoms with Gasteiger partial charge in [-0.1, -0.05) is 35.3 Å². The van der Waals surface area contributed by atoms with Gasteiger partial charge in [0, 0.05) is 6.20 Å². The van der Waals surface area contributed by atoms with Crippen molar-refractivity contribution in [2.75, 3.05) is 0 Å². The van der Waals surface area contributed by atoms with Crippen LogP contribution in [0, 0.1) is 6.92 Å². The molecule has 0 N–H and O–H groups in total. The molecule has 0 amide bonds. The van der Waals surface area contributed by atoms with E-state index in [0.29, 0.717) is 21.3 Å². The van der Waals surface area contributed by atoms with Crippen molar-refractivity contribution in [3.8, 4) is 0 Å². The van der Waals surface area contributed by atoms with E-state index in [9.17, 15) is 4.79 Å². The van der Waals surface area contributed by atoms with Crippen LogP contribution in [0.4, 0.5) is 0 Å². The molecule has 86 valence electrons. The molecule has 0 aliphatic heterocycles. The fraction of sp³-hybridized carbons (Fsp3) is 0.0769. The molecule has 1 aromatic heterocycles. The van der Waals surface area contributed by atoms with Gasteiger partial charge in [-0.15, -0.1) is 0 Å². The molecule has 2 nitrogen and oxygen atoms in total. The summed E-state index contributed by atoms with van der Waals surface area (Å²) in [6.07, 6.45) is 1.57. The maximum Gasteiger partial charge on any atom is 0.214 e. The van der Waals surface area contributed by atoms with Gasteiger partial charge in [-0.25, -0.2) is 0 Å². The molecule has 4 heteroatoms. The molecule has 0 unspecified atom stereocenters. The Labute approximate surface area is 109 Å². The molecular formula is C13H9Cl2NO. The van der Waals surface area contributed by atoms with E-state index in [1.807, 2.05) is 13.0 Å². The Morgan fingerprint density at radius 2 is 1.76 bits per heavy atom. The van der Waals surface area contributed by atoms with Gasteiger partial charge in [0.25, 0.3) is 0 Å². The molecule has 0 saturated carbocycles. The summed E-state index contributed by atoms with van der Waals surface area (Å²) < 4.78 is 0. The number of benzene rings is 1. The molecule has 0 atom stereocenters. The maximum absolute atomic E-state index is 12.3. The fourth-order valence-corrected chi connectivity index (χ4v) is 2.13. The van der Waals surface area contributed by atoms with E-state index in [2.05, 4.69) is 4.98 Å². The zero-order chi connectivity index (χ0) is 12.4. The Balaban J connectivity index is 2.56. The fourth-order valence-electron chi connectivity index (χ4n) is 1.56. The highest BCUT2D eigenvalue weighted by Gasteiger charge is 2.18. The Bertz CT molecular complexity index is 561. The first kappa shape index (κ1) is 12.1. The highest BCUT2D eigenvalue weighted by molar-refractivity contribution is 6.40. The third-order valence-corrected chi connectivity index (χ3v) is 3.04. The molecule has 2 aromatic rings. The second kappa shape index (κ2) is 4.86. The summed E-state index contributed by atoms with van der Waals surface area (Å²) in [5.74, 6) is -0.251. The number of aryl methyl sites for hydroxylation is 1. The minimum atomic E-state index is -0.251. The first-order valence-electron chi connectivity index (χ1n) is 5.01. The number of halogens is 2. The smallest absolute Gasteiger partial charge is 0.214 e. The van der Waals surface area contributed by atoms with E-state index in [0.717, 1.165) is 5.56 Å². The van der Waals surface area contributed by atoms with Crippen molar-refractivity contribution < 1.29 is 4.79 Å². The zero-order valence-electron chi connectivity index (χ0n) is 9.08. The van der Waals surface area contributed by atoms with Crippen LogP contribution in [-0.2, 0) is 0 Å². The van der Waals surface area contributed by atoms with Crippen LogP contribution >= 0.6 is 23.2 Å². The molecule has 0 radical (unpaired) electrons. The molecule has 1 heterocycles. The summed E-state index contributed by atoms with van der Waals surface area (Å²) in [5, 5.41) is 0.681. The predicted octanol–water partition coefficient (Wildman–Crippen LogP) is 3.93. The number of rotatable bonds is 2. The standard InChI is InChI=1S/C13H9Cl2NO/c1-8-4-3-7-16-12(8)13(17)11-9(14)5-2-6-10(11)15/h2-7H,1H3. The molecule has 17 heavy (non-hydrogen) atoms. The van der Waals surface area contributed by atoms with E-state index < -0.39 is 0 Å². The van der Waals surface area contributed by atoms with E-state index in [-0.39, 0.29) is 5.78 Å². The lowest BCUT2D eigenvalue weighted by Crippen LogP contribution is -2.07. The lowest BCUT2D eigenvalue weighted by atomic mass is 10.0. The average molecular weight is 266 g/mol. The molecule has 0 fully saturated rings. The van der Waals surface area contributed by atoms with E-state index in [1.54, 1.807) is 30.5 Å². The van der Waals surface area contributed by atoms with Crippen LogP contribution in [-0.4, -0.2) is 10.8 Å². The van der Waals surface area contributed by atoms with Crippen molar-refractivity contribution >= 4 is 29.0 Å². The molecule has 0 spiro atoms. The SMILES string of the molecule is Cc1cccnc1C(=O)c1c(Cl)cccc1Cl. The summed E-state index contributed by atoms with van der Waals surface area (Å²) in [7, 11) is 0. The topological polar surface area (TPSA) is 30.0 Å². The second-order valence-corrected chi connectivity index (χ2v) is 4.41. The maximum atomic E-state index is 12.3. The first-order chi connectivity index (χ1) is 8.11. The van der Waals surface area contributed by atoms with Gasteiger partial charge in [-0.2, -0.15) is 0 Å². The number of ketones is 1. The summed E-state index contributed by atoms with van der Waals surface area (Å²) in [5.41, 5.74) is 1.48. The number of carbonyl (C=O) groups excluding carboxylic acids is 1. The van der Waals surface area contributed by atoms with Gasteiger partial charge < -0.3 is 0 Å². The van der Waals surface area contributed by atoms with Crippen LogP contribution in [0.15, 0.2) is 36.5 Å². The van der Waals surface area contributed by atoms with Crippen LogP contribution < -0.4 is 0 Å². The molecule has 2 rings (SSSR count). The Kier molecular flexibility index (Phi) is 3.46. The summed E-state index contributed by atoms with van der Waals surface area (Å²) >= 11 is 12.0. The summed E-state index contributed by atoms with van der Waals surface area (Å²) in [6.45, 7) is 1.82. The number of pyridine rings is 1. The Hall–Kier alpha value is -1.38. The lowest BCUT2D eigenvalue weighted by molar-refractivity contribution is 0.103.